The smallest absolute Gasteiger partial charge is 0.216 e. The highest BCUT2D eigenvalue weighted by Gasteiger charge is 2.97. The molecule has 0 nitrogen and oxygen atoms in total. The normalized spacial score (nSPS) is 47.1. The standard InChI is InChI=1S/C4Cl3F5S/c5-1(8)2(6,13-7)4(11,12)3(1,9)10. The van der Waals surface area contributed by atoms with Crippen LogP contribution in [0.25, 0.3) is 0 Å². The van der Waals surface area contributed by atoms with Gasteiger partial charge in [-0.15, -0.1) is 0 Å². The van der Waals surface area contributed by atoms with E-state index in [0.717, 1.165) is 0 Å². The van der Waals surface area contributed by atoms with E-state index in [9.17, 15) is 22.0 Å². The zero-order valence-electron chi connectivity index (χ0n) is 5.43. The fourth-order valence-electron chi connectivity index (χ4n) is 0.833. The van der Waals surface area contributed by atoms with Crippen molar-refractivity contribution in [2.75, 3.05) is 0 Å². The van der Waals surface area contributed by atoms with Crippen LogP contribution in [0.3, 0.4) is 0 Å². The molecular weight excluding hydrogens is 281 g/mol. The Bertz CT molecular complexity index is 224. The molecule has 9 heteroatoms. The predicted octanol–water partition coefficient (Wildman–Crippen LogP) is 4.00. The molecule has 1 fully saturated rings. The third-order valence-electron chi connectivity index (χ3n) is 1.70. The molecule has 1 aliphatic carbocycles. The first-order chi connectivity index (χ1) is 5.56. The first-order valence-electron chi connectivity index (χ1n) is 2.68. The molecular formula is C4Cl3F5S. The summed E-state index contributed by atoms with van der Waals surface area (Å²) in [5, 5.41) is -4.06. The van der Waals surface area contributed by atoms with Crippen molar-refractivity contribution in [3.63, 3.8) is 0 Å². The van der Waals surface area contributed by atoms with Gasteiger partial charge in [0.05, 0.1) is 0 Å². The Morgan fingerprint density at radius 3 is 1.38 bits per heavy atom. The fourth-order valence-corrected chi connectivity index (χ4v) is 2.60. The maximum absolute atomic E-state index is 12.8. The highest BCUT2D eigenvalue weighted by molar-refractivity contribution is 8.23. The van der Waals surface area contributed by atoms with Gasteiger partial charge in [0.25, 0.3) is 5.13 Å². The molecule has 13 heavy (non-hydrogen) atoms. The quantitative estimate of drug-likeness (QED) is 0.517. The van der Waals surface area contributed by atoms with Crippen LogP contribution in [0.2, 0.25) is 0 Å². The summed E-state index contributed by atoms with van der Waals surface area (Å²) in [5.74, 6) is -9.81. The van der Waals surface area contributed by atoms with E-state index in [1.807, 2.05) is 0 Å². The topological polar surface area (TPSA) is 0 Å². The number of halogens is 8. The number of hydrogen-bond donors (Lipinski definition) is 0. The summed E-state index contributed by atoms with van der Waals surface area (Å²) >= 11 is 9.41. The molecule has 0 saturated heterocycles. The Kier molecular flexibility index (Phi) is 2.49. The maximum Gasteiger partial charge on any atom is 0.362 e. The minimum atomic E-state index is -5.02. The average molecular weight is 281 g/mol. The second kappa shape index (κ2) is 2.71. The Morgan fingerprint density at radius 1 is 0.846 bits per heavy atom. The van der Waals surface area contributed by atoms with E-state index in [2.05, 4.69) is 11.6 Å². The molecule has 0 aromatic carbocycles. The summed E-state index contributed by atoms with van der Waals surface area (Å²) in [6.45, 7) is 0. The monoisotopic (exact) mass is 280 g/mol. The van der Waals surface area contributed by atoms with E-state index in [4.69, 9.17) is 22.3 Å². The zero-order valence-corrected chi connectivity index (χ0v) is 8.52. The molecule has 0 amide bonds. The second-order valence-corrected chi connectivity index (χ2v) is 4.94. The van der Waals surface area contributed by atoms with Gasteiger partial charge >= 0.3 is 11.8 Å². The molecule has 0 aliphatic heterocycles. The Morgan fingerprint density at radius 2 is 1.23 bits per heavy atom. The highest BCUT2D eigenvalue weighted by Crippen LogP contribution is 2.75. The molecule has 2 atom stereocenters. The highest BCUT2D eigenvalue weighted by atomic mass is 35.7. The van der Waals surface area contributed by atoms with Crippen molar-refractivity contribution < 1.29 is 22.0 Å². The van der Waals surface area contributed by atoms with Gasteiger partial charge in [0.1, 0.15) is 0 Å². The summed E-state index contributed by atoms with van der Waals surface area (Å²) in [5.41, 5.74) is 0. The van der Waals surface area contributed by atoms with Gasteiger partial charge in [-0.25, -0.2) is 4.39 Å². The fraction of sp³-hybridized carbons (Fsp3) is 1.00. The molecule has 0 aromatic rings. The van der Waals surface area contributed by atoms with E-state index in [-0.39, 0.29) is 0 Å². The molecule has 0 bridgehead atoms. The predicted molar refractivity (Wildman–Crippen MR) is 41.6 cm³/mol. The maximum atomic E-state index is 12.8. The molecule has 1 rings (SSSR count). The largest absolute Gasteiger partial charge is 0.362 e. The third kappa shape index (κ3) is 0.957. The van der Waals surface area contributed by atoms with E-state index < -0.39 is 32.2 Å². The van der Waals surface area contributed by atoms with Gasteiger partial charge in [0.15, 0.2) is 0 Å². The van der Waals surface area contributed by atoms with Crippen LogP contribution in [0.5, 0.6) is 0 Å². The van der Waals surface area contributed by atoms with Gasteiger partial charge in [-0.05, 0) is 21.7 Å². The van der Waals surface area contributed by atoms with E-state index in [1.54, 1.807) is 0 Å². The van der Waals surface area contributed by atoms with Crippen molar-refractivity contribution in [1.29, 1.82) is 0 Å². The lowest BCUT2D eigenvalue weighted by Gasteiger charge is -2.55. The van der Waals surface area contributed by atoms with Crippen molar-refractivity contribution in [1.82, 2.24) is 0 Å². The second-order valence-electron chi connectivity index (χ2n) is 2.40. The Hall–Kier alpha value is 0.870. The SMILES string of the molecule is FC1(F)C(F)(F)C(Cl)(SCl)C1(F)Cl. The summed E-state index contributed by atoms with van der Waals surface area (Å²) in [7, 11) is 4.32. The molecule has 0 heterocycles. The summed E-state index contributed by atoms with van der Waals surface area (Å²) in [6.07, 6.45) is 0. The van der Waals surface area contributed by atoms with Crippen molar-refractivity contribution in [3.05, 3.63) is 0 Å². The van der Waals surface area contributed by atoms with Gasteiger partial charge < -0.3 is 0 Å². The van der Waals surface area contributed by atoms with E-state index in [0.29, 0.717) is 0 Å². The first-order valence-corrected chi connectivity index (χ1v) is 5.08. The van der Waals surface area contributed by atoms with Crippen molar-refractivity contribution in [2.45, 2.75) is 21.2 Å². The van der Waals surface area contributed by atoms with Crippen LogP contribution in [0, 0.1) is 0 Å². The van der Waals surface area contributed by atoms with Crippen LogP contribution in [-0.4, -0.2) is 21.2 Å². The zero-order chi connectivity index (χ0) is 10.7. The molecule has 0 spiro atoms. The lowest BCUT2D eigenvalue weighted by molar-refractivity contribution is -0.334. The average Bonchev–Trinajstić information content (AvgIpc) is 2.00. The summed E-state index contributed by atoms with van der Waals surface area (Å²) in [4.78, 5) is 0. The van der Waals surface area contributed by atoms with Crippen LogP contribution >= 0.6 is 44.9 Å². The first kappa shape index (κ1) is 11.9. The molecule has 2 unspecified atom stereocenters. The lowest BCUT2D eigenvalue weighted by atomic mass is 9.84. The minimum Gasteiger partial charge on any atom is -0.216 e. The lowest BCUT2D eigenvalue weighted by Crippen LogP contribution is -2.81. The van der Waals surface area contributed by atoms with Crippen LogP contribution in [0.4, 0.5) is 22.0 Å². The van der Waals surface area contributed by atoms with Gasteiger partial charge in [0.2, 0.25) is 4.21 Å². The van der Waals surface area contributed by atoms with E-state index in [1.165, 1.54) is 0 Å². The van der Waals surface area contributed by atoms with Gasteiger partial charge in [0, 0.05) is 0 Å². The van der Waals surface area contributed by atoms with Crippen molar-refractivity contribution in [3.8, 4) is 0 Å². The minimum absolute atomic E-state index is 0.469. The Labute approximate surface area is 88.2 Å². The van der Waals surface area contributed by atoms with Gasteiger partial charge in [-0.1, -0.05) is 23.2 Å². The molecule has 0 radical (unpaired) electrons. The molecule has 1 saturated carbocycles. The van der Waals surface area contributed by atoms with Crippen molar-refractivity contribution >= 4 is 44.9 Å². The van der Waals surface area contributed by atoms with E-state index >= 15 is 0 Å². The van der Waals surface area contributed by atoms with Gasteiger partial charge in [-0.3, -0.25) is 0 Å². The molecule has 78 valence electrons. The summed E-state index contributed by atoms with van der Waals surface area (Å²) in [6, 6.07) is 0. The molecule has 0 N–H and O–H groups in total. The third-order valence-corrected chi connectivity index (χ3v) is 4.84. The number of alkyl halides is 7. The molecule has 0 aromatic heterocycles. The van der Waals surface area contributed by atoms with Crippen molar-refractivity contribution in [2.24, 2.45) is 0 Å². The summed E-state index contributed by atoms with van der Waals surface area (Å²) < 4.78 is 59.3. The number of hydrogen-bond acceptors (Lipinski definition) is 1. The van der Waals surface area contributed by atoms with Crippen LogP contribution in [-0.2, 0) is 0 Å². The Balaban J connectivity index is 3.18. The molecule has 1 aliphatic rings. The number of rotatable bonds is 1. The van der Waals surface area contributed by atoms with Crippen LogP contribution in [0.15, 0.2) is 0 Å². The van der Waals surface area contributed by atoms with Crippen LogP contribution in [0.1, 0.15) is 0 Å². The van der Waals surface area contributed by atoms with Gasteiger partial charge in [-0.2, -0.15) is 17.6 Å². The van der Waals surface area contributed by atoms with Crippen LogP contribution < -0.4 is 0 Å².